The third kappa shape index (κ3) is 4.46. The fourth-order valence-electron chi connectivity index (χ4n) is 3.62. The van der Waals surface area contributed by atoms with Crippen molar-refractivity contribution in [2.24, 2.45) is 0 Å². The minimum atomic E-state index is -0.401. The molecule has 4 rings (SSSR count). The molecule has 3 aromatic rings. The largest absolute Gasteiger partial charge is 0.492 e. The average molecular weight is 434 g/mol. The Hall–Kier alpha value is -3.74. The summed E-state index contributed by atoms with van der Waals surface area (Å²) in [6, 6.07) is 14.6. The molecule has 1 amide bonds. The zero-order chi connectivity index (χ0) is 22.5. The number of amides is 1. The van der Waals surface area contributed by atoms with Crippen LogP contribution in [0.1, 0.15) is 23.7 Å². The lowest BCUT2D eigenvalue weighted by atomic mass is 10.1. The summed E-state index contributed by atoms with van der Waals surface area (Å²) in [5.74, 6) is 0.505. The third-order valence-electron chi connectivity index (χ3n) is 5.42. The number of hydrogen-bond donors (Lipinski definition) is 0. The van der Waals surface area contributed by atoms with Crippen LogP contribution in [0.5, 0.6) is 5.75 Å². The van der Waals surface area contributed by atoms with Crippen molar-refractivity contribution in [1.29, 1.82) is 0 Å². The number of carbonyl (C=O) groups is 2. The molecule has 32 heavy (non-hydrogen) atoms. The van der Waals surface area contributed by atoms with Gasteiger partial charge in [-0.3, -0.25) is 9.69 Å². The topological polar surface area (TPSA) is 72.2 Å². The number of furan rings is 1. The number of esters is 1. The van der Waals surface area contributed by atoms with E-state index in [1.807, 2.05) is 18.2 Å². The Morgan fingerprint density at radius 3 is 2.59 bits per heavy atom. The first-order chi connectivity index (χ1) is 15.6. The zero-order valence-electron chi connectivity index (χ0n) is 18.2. The quantitative estimate of drug-likeness (QED) is 0.386. The minimum absolute atomic E-state index is 0.179. The number of ether oxygens (including phenoxy) is 2. The zero-order valence-corrected chi connectivity index (χ0v) is 18.2. The first kappa shape index (κ1) is 21.5. The van der Waals surface area contributed by atoms with Crippen LogP contribution in [0.3, 0.4) is 0 Å². The Labute approximate surface area is 186 Å². The number of hydrogen-bond acceptors (Lipinski definition) is 6. The van der Waals surface area contributed by atoms with Gasteiger partial charge in [-0.25, -0.2) is 4.79 Å². The van der Waals surface area contributed by atoms with Crippen molar-refractivity contribution >= 4 is 34.4 Å². The SMILES string of the molecule is C/C=C/C(=O)N(CCOc1ccc(C(=O)OC)cc1)c1cc2c(N3CCC3)cccc2o1. The molecule has 166 valence electrons. The van der Waals surface area contributed by atoms with Crippen LogP contribution in [0, 0.1) is 0 Å². The summed E-state index contributed by atoms with van der Waals surface area (Å²) in [5.41, 5.74) is 2.33. The van der Waals surface area contributed by atoms with E-state index >= 15 is 0 Å². The van der Waals surface area contributed by atoms with E-state index < -0.39 is 5.97 Å². The summed E-state index contributed by atoms with van der Waals surface area (Å²) in [5, 5.41) is 1.000. The Morgan fingerprint density at radius 1 is 1.16 bits per heavy atom. The number of methoxy groups -OCH3 is 1. The Morgan fingerprint density at radius 2 is 1.94 bits per heavy atom. The maximum absolute atomic E-state index is 12.8. The highest BCUT2D eigenvalue weighted by molar-refractivity contribution is 6.03. The molecule has 0 N–H and O–H groups in total. The summed E-state index contributed by atoms with van der Waals surface area (Å²) in [7, 11) is 1.34. The van der Waals surface area contributed by atoms with Gasteiger partial charge in [0.2, 0.25) is 5.88 Å². The van der Waals surface area contributed by atoms with Crippen molar-refractivity contribution in [1.82, 2.24) is 0 Å². The van der Waals surface area contributed by atoms with E-state index in [1.54, 1.807) is 42.2 Å². The van der Waals surface area contributed by atoms with Crippen LogP contribution in [0.15, 0.2) is 65.1 Å². The number of benzene rings is 2. The summed E-state index contributed by atoms with van der Waals surface area (Å²) >= 11 is 0. The van der Waals surface area contributed by atoms with Crippen LogP contribution < -0.4 is 14.5 Å². The van der Waals surface area contributed by atoms with Crippen LogP contribution in [0.2, 0.25) is 0 Å². The number of carbonyl (C=O) groups excluding carboxylic acids is 2. The molecule has 7 heteroatoms. The molecule has 0 bridgehead atoms. The minimum Gasteiger partial charge on any atom is -0.492 e. The van der Waals surface area contributed by atoms with Crippen molar-refractivity contribution in [3.05, 3.63) is 66.2 Å². The lowest BCUT2D eigenvalue weighted by Crippen LogP contribution is -2.37. The maximum atomic E-state index is 12.8. The fraction of sp³-hybridized carbons (Fsp3) is 0.280. The second-order valence-electron chi connectivity index (χ2n) is 7.47. The van der Waals surface area contributed by atoms with E-state index in [-0.39, 0.29) is 12.5 Å². The highest BCUT2D eigenvalue weighted by atomic mass is 16.5. The number of rotatable bonds is 8. The summed E-state index contributed by atoms with van der Waals surface area (Å²) in [6.07, 6.45) is 4.40. The van der Waals surface area contributed by atoms with E-state index in [4.69, 9.17) is 13.9 Å². The predicted octanol–water partition coefficient (Wildman–Crippen LogP) is 4.42. The number of allylic oxidation sites excluding steroid dienone is 1. The van der Waals surface area contributed by atoms with Gasteiger partial charge in [0.1, 0.15) is 17.9 Å². The van der Waals surface area contributed by atoms with Crippen LogP contribution in [-0.4, -0.2) is 45.2 Å². The first-order valence-corrected chi connectivity index (χ1v) is 10.6. The van der Waals surface area contributed by atoms with Gasteiger partial charge in [0.25, 0.3) is 5.91 Å². The van der Waals surface area contributed by atoms with E-state index in [2.05, 4.69) is 11.0 Å². The highest BCUT2D eigenvalue weighted by Gasteiger charge is 2.22. The molecule has 0 aliphatic carbocycles. The number of fused-ring (bicyclic) bond motifs is 1. The molecule has 2 aromatic carbocycles. The molecule has 0 saturated carbocycles. The molecule has 0 spiro atoms. The molecule has 0 atom stereocenters. The molecule has 0 radical (unpaired) electrons. The second-order valence-corrected chi connectivity index (χ2v) is 7.47. The van der Waals surface area contributed by atoms with Gasteiger partial charge in [0, 0.05) is 30.2 Å². The van der Waals surface area contributed by atoms with Crippen LogP contribution in [0.25, 0.3) is 11.0 Å². The van der Waals surface area contributed by atoms with Gasteiger partial charge in [-0.15, -0.1) is 0 Å². The highest BCUT2D eigenvalue weighted by Crippen LogP contribution is 2.35. The lowest BCUT2D eigenvalue weighted by Gasteiger charge is -2.33. The van der Waals surface area contributed by atoms with Gasteiger partial charge in [-0.05, 0) is 55.8 Å². The van der Waals surface area contributed by atoms with Gasteiger partial charge < -0.3 is 18.8 Å². The Bertz CT molecular complexity index is 1130. The van der Waals surface area contributed by atoms with Gasteiger partial charge in [-0.2, -0.15) is 0 Å². The number of nitrogens with zero attached hydrogens (tertiary/aromatic N) is 2. The van der Waals surface area contributed by atoms with Crippen molar-refractivity contribution < 1.29 is 23.5 Å². The van der Waals surface area contributed by atoms with E-state index in [0.29, 0.717) is 23.7 Å². The third-order valence-corrected chi connectivity index (χ3v) is 5.42. The molecule has 1 saturated heterocycles. The van der Waals surface area contributed by atoms with Gasteiger partial charge in [0.15, 0.2) is 0 Å². The Kier molecular flexibility index (Phi) is 6.44. The first-order valence-electron chi connectivity index (χ1n) is 10.6. The van der Waals surface area contributed by atoms with Crippen molar-refractivity contribution in [3.8, 4) is 5.75 Å². The molecule has 1 aliphatic rings. The van der Waals surface area contributed by atoms with Crippen molar-refractivity contribution in [2.75, 3.05) is 43.2 Å². The summed E-state index contributed by atoms with van der Waals surface area (Å²) in [6.45, 7) is 4.43. The van der Waals surface area contributed by atoms with Gasteiger partial charge in [0.05, 0.1) is 19.2 Å². The summed E-state index contributed by atoms with van der Waals surface area (Å²) in [4.78, 5) is 28.2. The molecule has 1 fully saturated rings. The lowest BCUT2D eigenvalue weighted by molar-refractivity contribution is -0.114. The van der Waals surface area contributed by atoms with Gasteiger partial charge in [-0.1, -0.05) is 12.1 Å². The van der Waals surface area contributed by atoms with Crippen LogP contribution in [0.4, 0.5) is 11.6 Å². The second kappa shape index (κ2) is 9.60. The van der Waals surface area contributed by atoms with E-state index in [0.717, 1.165) is 29.7 Å². The van der Waals surface area contributed by atoms with Crippen LogP contribution in [-0.2, 0) is 9.53 Å². The average Bonchev–Trinajstić information content (AvgIpc) is 3.20. The van der Waals surface area contributed by atoms with E-state index in [1.165, 1.54) is 19.6 Å². The van der Waals surface area contributed by atoms with Crippen molar-refractivity contribution in [3.63, 3.8) is 0 Å². The van der Waals surface area contributed by atoms with E-state index in [9.17, 15) is 9.59 Å². The normalized spacial score (nSPS) is 13.2. The molecule has 2 heterocycles. The fourth-order valence-corrected chi connectivity index (χ4v) is 3.62. The predicted molar refractivity (Wildman–Crippen MR) is 123 cm³/mol. The summed E-state index contributed by atoms with van der Waals surface area (Å²) < 4.78 is 16.6. The van der Waals surface area contributed by atoms with Gasteiger partial charge >= 0.3 is 5.97 Å². The molecular weight excluding hydrogens is 408 g/mol. The van der Waals surface area contributed by atoms with Crippen LogP contribution >= 0.6 is 0 Å². The Balaban J connectivity index is 1.50. The molecule has 1 aromatic heterocycles. The molecule has 7 nitrogen and oxygen atoms in total. The smallest absolute Gasteiger partial charge is 0.337 e. The molecule has 0 unspecified atom stereocenters. The molecular formula is C25H26N2O5. The maximum Gasteiger partial charge on any atom is 0.337 e. The standard InChI is InChI=1S/C25H26N2O5/c1-3-6-23(28)27(15-16-31-19-11-9-18(10-12-19)25(29)30-2)24-17-20-21(26-13-5-14-26)7-4-8-22(20)32-24/h3-4,6-12,17H,5,13-16H2,1-2H3/b6-3+. The van der Waals surface area contributed by atoms with Crippen molar-refractivity contribution in [2.45, 2.75) is 13.3 Å². The monoisotopic (exact) mass is 434 g/mol. The molecule has 1 aliphatic heterocycles. The number of anilines is 2.